The van der Waals surface area contributed by atoms with Gasteiger partial charge in [0, 0.05) is 22.1 Å². The fourth-order valence-electron chi connectivity index (χ4n) is 4.08. The van der Waals surface area contributed by atoms with Gasteiger partial charge in [0.1, 0.15) is 0 Å². The van der Waals surface area contributed by atoms with Crippen LogP contribution in [0.2, 0.25) is 0 Å². The number of halogens is 1. The van der Waals surface area contributed by atoms with E-state index >= 15 is 0 Å². The average molecular weight is 524 g/mol. The maximum Gasteiger partial charge on any atom is 0.258 e. The van der Waals surface area contributed by atoms with Crippen LogP contribution in [0.5, 0.6) is 23.0 Å². The van der Waals surface area contributed by atoms with E-state index in [0.717, 1.165) is 26.9 Å². The SMILES string of the molecule is COc1ccc(/C=C2\c3cc(OC)c(OC)cc3CCN2C(=O)c2ccc(Br)cc2)cc1OC. The minimum Gasteiger partial charge on any atom is -0.493 e. The third-order valence-corrected chi connectivity index (χ3v) is 6.36. The molecule has 3 aromatic carbocycles. The molecule has 0 saturated carbocycles. The Morgan fingerprint density at radius 3 is 2.09 bits per heavy atom. The summed E-state index contributed by atoms with van der Waals surface area (Å²) in [6, 6.07) is 17.0. The highest BCUT2D eigenvalue weighted by Crippen LogP contribution is 2.39. The van der Waals surface area contributed by atoms with Crippen molar-refractivity contribution in [2.24, 2.45) is 0 Å². The van der Waals surface area contributed by atoms with Crippen LogP contribution in [0.1, 0.15) is 27.0 Å². The minimum atomic E-state index is -0.0698. The van der Waals surface area contributed by atoms with Crippen LogP contribution in [0.4, 0.5) is 0 Å². The van der Waals surface area contributed by atoms with Crippen molar-refractivity contribution >= 4 is 33.6 Å². The maximum atomic E-state index is 13.6. The summed E-state index contributed by atoms with van der Waals surface area (Å²) >= 11 is 3.44. The van der Waals surface area contributed by atoms with Crippen molar-refractivity contribution in [2.75, 3.05) is 35.0 Å². The van der Waals surface area contributed by atoms with E-state index < -0.39 is 0 Å². The number of rotatable bonds is 6. The van der Waals surface area contributed by atoms with Gasteiger partial charge in [0.05, 0.1) is 34.1 Å². The molecule has 1 amide bonds. The molecule has 176 valence electrons. The molecule has 1 aliphatic rings. The summed E-state index contributed by atoms with van der Waals surface area (Å²) in [5.74, 6) is 2.46. The molecule has 0 spiro atoms. The molecule has 6 nitrogen and oxygen atoms in total. The fraction of sp³-hybridized carbons (Fsp3) is 0.222. The van der Waals surface area contributed by atoms with Gasteiger partial charge in [-0.1, -0.05) is 22.0 Å². The molecule has 0 aromatic heterocycles. The van der Waals surface area contributed by atoms with Gasteiger partial charge >= 0.3 is 0 Å². The Hall–Kier alpha value is -3.45. The van der Waals surface area contributed by atoms with Gasteiger partial charge in [0.15, 0.2) is 23.0 Å². The molecule has 3 aromatic rings. The Bertz CT molecular complexity index is 1240. The zero-order valence-corrected chi connectivity index (χ0v) is 21.1. The smallest absolute Gasteiger partial charge is 0.258 e. The number of amides is 1. The van der Waals surface area contributed by atoms with Crippen molar-refractivity contribution in [1.82, 2.24) is 4.90 Å². The quantitative estimate of drug-likeness (QED) is 0.416. The molecule has 0 radical (unpaired) electrons. The number of ether oxygens (including phenoxy) is 4. The summed E-state index contributed by atoms with van der Waals surface area (Å²) in [6.45, 7) is 0.538. The lowest BCUT2D eigenvalue weighted by molar-refractivity contribution is 0.0834. The maximum absolute atomic E-state index is 13.6. The van der Waals surface area contributed by atoms with E-state index in [4.69, 9.17) is 18.9 Å². The van der Waals surface area contributed by atoms with Crippen molar-refractivity contribution in [3.8, 4) is 23.0 Å². The summed E-state index contributed by atoms with van der Waals surface area (Å²) in [4.78, 5) is 15.4. The monoisotopic (exact) mass is 523 g/mol. The number of hydrogen-bond donors (Lipinski definition) is 0. The first-order valence-electron chi connectivity index (χ1n) is 10.8. The number of benzene rings is 3. The normalized spacial score (nSPS) is 13.9. The van der Waals surface area contributed by atoms with Gasteiger partial charge in [-0.05, 0) is 72.2 Å². The standard InChI is InChI=1S/C27H26BrNO5/c1-31-23-10-5-17(14-24(23)32-2)13-22-21-16-26(34-4)25(33-3)15-19(21)11-12-29(22)27(30)18-6-8-20(28)9-7-18/h5-10,13-16H,11-12H2,1-4H3/b22-13+. The molecule has 0 bridgehead atoms. The van der Waals surface area contributed by atoms with Crippen LogP contribution in [-0.4, -0.2) is 45.8 Å². The first-order valence-corrected chi connectivity index (χ1v) is 11.5. The summed E-state index contributed by atoms with van der Waals surface area (Å²) in [7, 11) is 6.43. The molecule has 34 heavy (non-hydrogen) atoms. The molecule has 1 heterocycles. The molecule has 1 aliphatic heterocycles. The van der Waals surface area contributed by atoms with Gasteiger partial charge in [-0.15, -0.1) is 0 Å². The molecule has 0 aliphatic carbocycles. The lowest BCUT2D eigenvalue weighted by Gasteiger charge is -2.32. The Kier molecular flexibility index (Phi) is 7.12. The second kappa shape index (κ2) is 10.2. The van der Waals surface area contributed by atoms with Crippen molar-refractivity contribution in [1.29, 1.82) is 0 Å². The lowest BCUT2D eigenvalue weighted by atomic mass is 9.93. The summed E-state index contributed by atoms with van der Waals surface area (Å²) in [6.07, 6.45) is 2.68. The first-order chi connectivity index (χ1) is 16.5. The topological polar surface area (TPSA) is 57.2 Å². The molecule has 0 saturated heterocycles. The van der Waals surface area contributed by atoms with Crippen LogP contribution in [-0.2, 0) is 6.42 Å². The third kappa shape index (κ3) is 4.61. The van der Waals surface area contributed by atoms with Gasteiger partial charge in [0.25, 0.3) is 5.91 Å². The van der Waals surface area contributed by atoms with E-state index in [2.05, 4.69) is 15.9 Å². The van der Waals surface area contributed by atoms with E-state index in [-0.39, 0.29) is 5.91 Å². The van der Waals surface area contributed by atoms with E-state index in [9.17, 15) is 4.79 Å². The Morgan fingerprint density at radius 1 is 0.824 bits per heavy atom. The van der Waals surface area contributed by atoms with E-state index in [1.165, 1.54) is 0 Å². The van der Waals surface area contributed by atoms with Crippen molar-refractivity contribution in [3.05, 3.63) is 81.3 Å². The first kappa shape index (κ1) is 23.7. The van der Waals surface area contributed by atoms with Crippen LogP contribution in [0, 0.1) is 0 Å². The van der Waals surface area contributed by atoms with E-state index in [0.29, 0.717) is 41.5 Å². The number of nitrogens with zero attached hydrogens (tertiary/aromatic N) is 1. The lowest BCUT2D eigenvalue weighted by Crippen LogP contribution is -2.35. The van der Waals surface area contributed by atoms with Gasteiger partial charge in [0.2, 0.25) is 0 Å². The zero-order chi connectivity index (χ0) is 24.2. The second-order valence-electron chi connectivity index (χ2n) is 7.72. The number of hydrogen-bond acceptors (Lipinski definition) is 5. The van der Waals surface area contributed by atoms with E-state index in [1.807, 2.05) is 65.6 Å². The Balaban J connectivity index is 1.87. The van der Waals surface area contributed by atoms with E-state index in [1.54, 1.807) is 28.4 Å². The predicted molar refractivity (Wildman–Crippen MR) is 136 cm³/mol. The fourth-order valence-corrected chi connectivity index (χ4v) is 4.34. The zero-order valence-electron chi connectivity index (χ0n) is 19.6. The molecule has 0 unspecified atom stereocenters. The Morgan fingerprint density at radius 2 is 1.44 bits per heavy atom. The molecule has 4 rings (SSSR count). The van der Waals surface area contributed by atoms with Crippen LogP contribution in [0.15, 0.2) is 59.1 Å². The highest BCUT2D eigenvalue weighted by atomic mass is 79.9. The summed E-state index contributed by atoms with van der Waals surface area (Å²) in [5, 5.41) is 0. The highest BCUT2D eigenvalue weighted by Gasteiger charge is 2.28. The molecule has 0 fully saturated rings. The third-order valence-electron chi connectivity index (χ3n) is 5.83. The predicted octanol–water partition coefficient (Wildman–Crippen LogP) is 5.68. The summed E-state index contributed by atoms with van der Waals surface area (Å²) < 4.78 is 22.8. The van der Waals surface area contributed by atoms with Gasteiger partial charge in [-0.25, -0.2) is 0 Å². The van der Waals surface area contributed by atoms with Crippen molar-refractivity contribution < 1.29 is 23.7 Å². The van der Waals surface area contributed by atoms with Crippen LogP contribution in [0.3, 0.4) is 0 Å². The van der Waals surface area contributed by atoms with Gasteiger partial charge < -0.3 is 23.8 Å². The van der Waals surface area contributed by atoms with Gasteiger partial charge in [-0.3, -0.25) is 4.79 Å². The number of methoxy groups -OCH3 is 4. The average Bonchev–Trinajstić information content (AvgIpc) is 2.87. The minimum absolute atomic E-state index is 0.0698. The number of carbonyl (C=O) groups excluding carboxylic acids is 1. The highest BCUT2D eigenvalue weighted by molar-refractivity contribution is 9.10. The number of carbonyl (C=O) groups is 1. The number of fused-ring (bicyclic) bond motifs is 1. The van der Waals surface area contributed by atoms with Crippen LogP contribution < -0.4 is 18.9 Å². The van der Waals surface area contributed by atoms with Gasteiger partial charge in [-0.2, -0.15) is 0 Å². The largest absolute Gasteiger partial charge is 0.493 e. The van der Waals surface area contributed by atoms with Crippen molar-refractivity contribution in [3.63, 3.8) is 0 Å². The van der Waals surface area contributed by atoms with Crippen LogP contribution >= 0.6 is 15.9 Å². The molecule has 0 N–H and O–H groups in total. The second-order valence-corrected chi connectivity index (χ2v) is 8.64. The molecular weight excluding hydrogens is 498 g/mol. The molecule has 0 atom stereocenters. The molecule has 7 heteroatoms. The van der Waals surface area contributed by atoms with Crippen LogP contribution in [0.25, 0.3) is 11.8 Å². The molecular formula is C27H26BrNO5. The Labute approximate surface area is 207 Å². The summed E-state index contributed by atoms with van der Waals surface area (Å²) in [5.41, 5.74) is 4.28. The van der Waals surface area contributed by atoms with Crippen molar-refractivity contribution in [2.45, 2.75) is 6.42 Å².